The summed E-state index contributed by atoms with van der Waals surface area (Å²) in [5, 5.41) is 0. The summed E-state index contributed by atoms with van der Waals surface area (Å²) in [4.78, 5) is 33.2. The van der Waals surface area contributed by atoms with Gasteiger partial charge in [-0.05, 0) is 18.9 Å². The molecule has 0 aliphatic carbocycles. The molecule has 2 aliphatic heterocycles. The van der Waals surface area contributed by atoms with Crippen molar-refractivity contribution < 1.29 is 9.53 Å². The smallest absolute Gasteiger partial charge is 0.256 e. The summed E-state index contributed by atoms with van der Waals surface area (Å²) in [6.07, 6.45) is 7.26. The number of ether oxygens (including phenoxy) is 1. The fourth-order valence-electron chi connectivity index (χ4n) is 4.11. The lowest BCUT2D eigenvalue weighted by Crippen LogP contribution is -2.25. The average Bonchev–Trinajstić information content (AvgIpc) is 3.36. The molecule has 0 unspecified atom stereocenters. The van der Waals surface area contributed by atoms with Crippen LogP contribution >= 0.6 is 0 Å². The van der Waals surface area contributed by atoms with Gasteiger partial charge in [0.05, 0.1) is 24.1 Å². The Morgan fingerprint density at radius 3 is 2.67 bits per heavy atom. The molecule has 8 nitrogen and oxygen atoms in total. The summed E-state index contributed by atoms with van der Waals surface area (Å²) in [7, 11) is 0. The molecule has 5 heterocycles. The second-order valence-corrected chi connectivity index (χ2v) is 9.14. The Balaban J connectivity index is 1.37. The molecule has 0 saturated carbocycles. The maximum atomic E-state index is 13.1. The minimum atomic E-state index is -0.120. The van der Waals surface area contributed by atoms with Gasteiger partial charge in [0.15, 0.2) is 5.65 Å². The summed E-state index contributed by atoms with van der Waals surface area (Å²) >= 11 is 0. The van der Waals surface area contributed by atoms with Gasteiger partial charge in [0.25, 0.3) is 5.91 Å². The first kappa shape index (κ1) is 19.1. The lowest BCUT2D eigenvalue weighted by Gasteiger charge is -2.23. The van der Waals surface area contributed by atoms with Gasteiger partial charge in [-0.25, -0.2) is 19.9 Å². The van der Waals surface area contributed by atoms with Gasteiger partial charge in [-0.2, -0.15) is 0 Å². The maximum Gasteiger partial charge on any atom is 0.256 e. The molecule has 3 aromatic rings. The van der Waals surface area contributed by atoms with Crippen LogP contribution in [0.15, 0.2) is 24.8 Å². The number of pyridine rings is 1. The highest BCUT2D eigenvalue weighted by Crippen LogP contribution is 2.27. The van der Waals surface area contributed by atoms with E-state index in [-0.39, 0.29) is 11.3 Å². The molecular weight excluding hydrogens is 380 g/mol. The molecule has 3 aromatic heterocycles. The highest BCUT2D eigenvalue weighted by Gasteiger charge is 2.29. The van der Waals surface area contributed by atoms with Gasteiger partial charge in [-0.15, -0.1) is 0 Å². The van der Waals surface area contributed by atoms with Crippen LogP contribution < -0.4 is 0 Å². The van der Waals surface area contributed by atoms with Crippen molar-refractivity contribution in [3.8, 4) is 0 Å². The van der Waals surface area contributed by atoms with Crippen LogP contribution in [0.2, 0.25) is 0 Å². The van der Waals surface area contributed by atoms with Gasteiger partial charge in [0, 0.05) is 49.2 Å². The first-order valence-electron chi connectivity index (χ1n) is 10.4. The van der Waals surface area contributed by atoms with Crippen LogP contribution in [0.4, 0.5) is 0 Å². The highest BCUT2D eigenvalue weighted by atomic mass is 16.5. The zero-order chi connectivity index (χ0) is 20.9. The van der Waals surface area contributed by atoms with Crippen molar-refractivity contribution in [3.63, 3.8) is 0 Å². The second kappa shape index (κ2) is 7.12. The number of nitrogens with zero attached hydrogens (tertiary/aromatic N) is 6. The molecule has 0 bridgehead atoms. The van der Waals surface area contributed by atoms with Crippen molar-refractivity contribution in [2.24, 2.45) is 0 Å². The molecule has 0 aromatic carbocycles. The monoisotopic (exact) mass is 406 g/mol. The van der Waals surface area contributed by atoms with Crippen molar-refractivity contribution in [1.29, 1.82) is 0 Å². The van der Waals surface area contributed by atoms with Crippen LogP contribution in [0.25, 0.3) is 11.2 Å². The second-order valence-electron chi connectivity index (χ2n) is 9.14. The molecule has 0 atom stereocenters. The molecule has 0 N–H and O–H groups in total. The predicted octanol–water partition coefficient (Wildman–Crippen LogP) is 3.03. The summed E-state index contributed by atoms with van der Waals surface area (Å²) in [5.41, 5.74) is 3.94. The lowest BCUT2D eigenvalue weighted by atomic mass is 9.95. The number of fused-ring (bicyclic) bond motifs is 2. The molecule has 30 heavy (non-hydrogen) atoms. The molecule has 1 amide bonds. The zero-order valence-electron chi connectivity index (χ0n) is 17.6. The lowest BCUT2D eigenvalue weighted by molar-refractivity contribution is 0.0704. The molecular formula is C22H26N6O2. The third kappa shape index (κ3) is 3.35. The molecule has 2 aliphatic rings. The minimum Gasteiger partial charge on any atom is -0.381 e. The van der Waals surface area contributed by atoms with E-state index in [1.807, 2.05) is 18.6 Å². The largest absolute Gasteiger partial charge is 0.381 e. The highest BCUT2D eigenvalue weighted by molar-refractivity contribution is 5.96. The Labute approximate surface area is 175 Å². The van der Waals surface area contributed by atoms with Crippen molar-refractivity contribution >= 4 is 17.1 Å². The minimum absolute atomic E-state index is 0.0553. The number of hydrogen-bond acceptors (Lipinski definition) is 6. The summed E-state index contributed by atoms with van der Waals surface area (Å²) in [5.74, 6) is 0.748. The van der Waals surface area contributed by atoms with Crippen LogP contribution in [0.5, 0.6) is 0 Å². The first-order chi connectivity index (χ1) is 14.4. The zero-order valence-corrected chi connectivity index (χ0v) is 17.6. The molecule has 1 fully saturated rings. The van der Waals surface area contributed by atoms with E-state index in [1.165, 1.54) is 0 Å². The van der Waals surface area contributed by atoms with Crippen LogP contribution in [-0.2, 0) is 23.2 Å². The van der Waals surface area contributed by atoms with E-state index in [1.54, 1.807) is 11.1 Å². The van der Waals surface area contributed by atoms with Gasteiger partial charge < -0.3 is 14.2 Å². The number of hydrogen-bond donors (Lipinski definition) is 0. The van der Waals surface area contributed by atoms with Gasteiger partial charge in [0.2, 0.25) is 0 Å². The summed E-state index contributed by atoms with van der Waals surface area (Å²) in [6, 6.07) is 2.19. The van der Waals surface area contributed by atoms with E-state index < -0.39 is 0 Å². The summed E-state index contributed by atoms with van der Waals surface area (Å²) in [6.45, 7) is 8.81. The molecule has 5 rings (SSSR count). The third-order valence-electron chi connectivity index (χ3n) is 5.86. The third-order valence-corrected chi connectivity index (χ3v) is 5.86. The summed E-state index contributed by atoms with van der Waals surface area (Å²) < 4.78 is 7.57. The van der Waals surface area contributed by atoms with Crippen LogP contribution in [0.3, 0.4) is 0 Å². The SMILES string of the molecule is CC(C)(C)c1ncc2c(n1)CN(C(=O)c1cnc3c(c1)ncn3C1CCOCC1)C2. The van der Waals surface area contributed by atoms with Crippen molar-refractivity contribution in [3.05, 3.63) is 47.4 Å². The van der Waals surface area contributed by atoms with Crippen LogP contribution in [0, 0.1) is 0 Å². The van der Waals surface area contributed by atoms with Gasteiger partial charge in [-0.3, -0.25) is 4.79 Å². The molecule has 156 valence electrons. The van der Waals surface area contributed by atoms with E-state index in [2.05, 4.69) is 40.3 Å². The van der Waals surface area contributed by atoms with Crippen molar-refractivity contribution in [2.45, 2.75) is 58.2 Å². The number of carbonyl (C=O) groups excluding carboxylic acids is 1. The Kier molecular flexibility index (Phi) is 4.54. The van der Waals surface area contributed by atoms with E-state index in [4.69, 9.17) is 9.72 Å². The van der Waals surface area contributed by atoms with Gasteiger partial charge >= 0.3 is 0 Å². The molecule has 0 radical (unpaired) electrons. The van der Waals surface area contributed by atoms with Gasteiger partial charge in [0.1, 0.15) is 11.3 Å². The number of carbonyl (C=O) groups is 1. The van der Waals surface area contributed by atoms with Crippen molar-refractivity contribution in [2.75, 3.05) is 13.2 Å². The van der Waals surface area contributed by atoms with E-state index in [9.17, 15) is 4.79 Å². The normalized spacial score (nSPS) is 17.5. The molecule has 1 saturated heterocycles. The van der Waals surface area contributed by atoms with Crippen LogP contribution in [-0.4, -0.2) is 48.5 Å². The topological polar surface area (TPSA) is 86.0 Å². The fraction of sp³-hybridized carbons (Fsp3) is 0.500. The van der Waals surface area contributed by atoms with E-state index in [0.717, 1.165) is 54.3 Å². The maximum absolute atomic E-state index is 13.1. The predicted molar refractivity (Wildman–Crippen MR) is 111 cm³/mol. The molecule has 0 spiro atoms. The fourth-order valence-corrected chi connectivity index (χ4v) is 4.11. The Bertz CT molecular complexity index is 1110. The van der Waals surface area contributed by atoms with E-state index >= 15 is 0 Å². The number of aromatic nitrogens is 5. The van der Waals surface area contributed by atoms with Crippen molar-refractivity contribution in [1.82, 2.24) is 29.4 Å². The number of rotatable bonds is 2. The average molecular weight is 406 g/mol. The number of amides is 1. The Hall–Kier alpha value is -2.87. The Morgan fingerprint density at radius 1 is 1.10 bits per heavy atom. The number of imidazole rings is 1. The standard InChI is InChI=1S/C22H26N6O2/c1-22(2,3)21-24-10-15-11-27(12-18(15)26-21)20(29)14-8-17-19(23-9-14)28(13-25-17)16-4-6-30-7-5-16/h8-10,13,16H,4-7,11-12H2,1-3H3. The Morgan fingerprint density at radius 2 is 1.90 bits per heavy atom. The first-order valence-corrected chi connectivity index (χ1v) is 10.4. The molecule has 8 heteroatoms. The quantitative estimate of drug-likeness (QED) is 0.650. The van der Waals surface area contributed by atoms with E-state index in [0.29, 0.717) is 24.7 Å². The van der Waals surface area contributed by atoms with Crippen LogP contribution in [0.1, 0.15) is 67.1 Å². The van der Waals surface area contributed by atoms with Gasteiger partial charge in [-0.1, -0.05) is 20.8 Å².